The number of nitrogens with two attached hydrogens (primary N) is 1. The van der Waals surface area contributed by atoms with E-state index in [-0.39, 0.29) is 11.4 Å². The number of hydrogen-bond donors (Lipinski definition) is 3. The number of hydrogen-bond acceptors (Lipinski definition) is 4. The highest BCUT2D eigenvalue weighted by Crippen LogP contribution is 2.15. The molecule has 0 unspecified atom stereocenters. The number of aromatic nitrogens is 2. The van der Waals surface area contributed by atoms with E-state index in [1.165, 1.54) is 6.33 Å². The van der Waals surface area contributed by atoms with Crippen molar-refractivity contribution >= 4 is 10.0 Å². The number of rotatable bonds is 5. The SMILES string of the molecule is Cc1cc(S(=O)(=O)NCc2cnc[nH]2)ccc1CN. The zero-order valence-electron chi connectivity index (χ0n) is 10.6. The van der Waals surface area contributed by atoms with Gasteiger partial charge in [0.1, 0.15) is 0 Å². The van der Waals surface area contributed by atoms with Crippen LogP contribution in [-0.4, -0.2) is 18.4 Å². The van der Waals surface area contributed by atoms with Crippen molar-refractivity contribution in [1.29, 1.82) is 0 Å². The molecule has 0 bridgehead atoms. The Hall–Kier alpha value is -1.70. The number of H-pyrrole nitrogens is 1. The Kier molecular flexibility index (Phi) is 3.98. The van der Waals surface area contributed by atoms with Gasteiger partial charge in [-0.2, -0.15) is 0 Å². The third-order valence-electron chi connectivity index (χ3n) is 2.85. The Balaban J connectivity index is 2.17. The maximum atomic E-state index is 12.1. The van der Waals surface area contributed by atoms with Crippen molar-refractivity contribution in [2.24, 2.45) is 5.73 Å². The number of sulfonamides is 1. The second-order valence-corrected chi connectivity index (χ2v) is 5.96. The van der Waals surface area contributed by atoms with Crippen LogP contribution in [0.25, 0.3) is 0 Å². The molecule has 1 aromatic heterocycles. The quantitative estimate of drug-likeness (QED) is 0.748. The summed E-state index contributed by atoms with van der Waals surface area (Å²) in [7, 11) is -3.52. The minimum atomic E-state index is -3.52. The first kappa shape index (κ1) is 13.7. The number of imidazole rings is 1. The van der Waals surface area contributed by atoms with Crippen LogP contribution in [0.3, 0.4) is 0 Å². The van der Waals surface area contributed by atoms with E-state index in [0.29, 0.717) is 12.2 Å². The Morgan fingerprint density at radius 2 is 2.21 bits per heavy atom. The maximum absolute atomic E-state index is 12.1. The van der Waals surface area contributed by atoms with Gasteiger partial charge >= 0.3 is 0 Å². The second-order valence-electron chi connectivity index (χ2n) is 4.19. The molecule has 0 radical (unpaired) electrons. The van der Waals surface area contributed by atoms with Gasteiger partial charge in [0.2, 0.25) is 10.0 Å². The minimum Gasteiger partial charge on any atom is -0.347 e. The molecule has 4 N–H and O–H groups in total. The van der Waals surface area contributed by atoms with Gasteiger partial charge in [-0.1, -0.05) is 6.07 Å². The molecule has 19 heavy (non-hydrogen) atoms. The van der Waals surface area contributed by atoms with Crippen LogP contribution in [0.15, 0.2) is 35.6 Å². The summed E-state index contributed by atoms with van der Waals surface area (Å²) in [5.74, 6) is 0. The normalized spacial score (nSPS) is 11.7. The highest BCUT2D eigenvalue weighted by atomic mass is 32.2. The first-order chi connectivity index (χ1) is 9.03. The fourth-order valence-corrected chi connectivity index (χ4v) is 2.79. The molecule has 6 nitrogen and oxygen atoms in total. The maximum Gasteiger partial charge on any atom is 0.240 e. The molecule has 0 aliphatic heterocycles. The molecule has 0 aliphatic carbocycles. The third kappa shape index (κ3) is 3.19. The molecule has 0 amide bonds. The molecule has 1 aromatic carbocycles. The third-order valence-corrected chi connectivity index (χ3v) is 4.25. The van der Waals surface area contributed by atoms with Gasteiger partial charge in [0, 0.05) is 18.4 Å². The molecule has 1 heterocycles. The number of nitrogens with zero attached hydrogens (tertiary/aromatic N) is 1. The average Bonchev–Trinajstić information content (AvgIpc) is 2.89. The largest absolute Gasteiger partial charge is 0.347 e. The molecule has 0 saturated heterocycles. The first-order valence-electron chi connectivity index (χ1n) is 5.79. The molecule has 0 fully saturated rings. The van der Waals surface area contributed by atoms with E-state index in [2.05, 4.69) is 14.7 Å². The monoisotopic (exact) mass is 280 g/mol. The average molecular weight is 280 g/mol. The Bertz CT molecular complexity index is 650. The van der Waals surface area contributed by atoms with E-state index in [1.807, 2.05) is 6.92 Å². The van der Waals surface area contributed by atoms with Crippen molar-refractivity contribution in [3.8, 4) is 0 Å². The fraction of sp³-hybridized carbons (Fsp3) is 0.250. The fourth-order valence-electron chi connectivity index (χ4n) is 1.70. The lowest BCUT2D eigenvalue weighted by molar-refractivity contribution is 0.580. The van der Waals surface area contributed by atoms with E-state index in [9.17, 15) is 8.42 Å². The summed E-state index contributed by atoms with van der Waals surface area (Å²) < 4.78 is 26.7. The first-order valence-corrected chi connectivity index (χ1v) is 7.28. The van der Waals surface area contributed by atoms with Crippen molar-refractivity contribution in [3.05, 3.63) is 47.5 Å². The van der Waals surface area contributed by atoms with Crippen LogP contribution in [0.5, 0.6) is 0 Å². The van der Waals surface area contributed by atoms with Crippen LogP contribution in [0.2, 0.25) is 0 Å². The zero-order valence-corrected chi connectivity index (χ0v) is 11.4. The van der Waals surface area contributed by atoms with Crippen LogP contribution in [-0.2, 0) is 23.1 Å². The van der Waals surface area contributed by atoms with E-state index in [0.717, 1.165) is 11.1 Å². The van der Waals surface area contributed by atoms with Crippen molar-refractivity contribution in [1.82, 2.24) is 14.7 Å². The standard InChI is InChI=1S/C12H16N4O2S/c1-9-4-12(3-2-10(9)5-13)19(17,18)16-7-11-6-14-8-15-11/h2-4,6,8,16H,5,7,13H2,1H3,(H,14,15). The molecular weight excluding hydrogens is 264 g/mol. The summed E-state index contributed by atoms with van der Waals surface area (Å²) in [6.07, 6.45) is 3.08. The lowest BCUT2D eigenvalue weighted by Gasteiger charge is -2.08. The van der Waals surface area contributed by atoms with Crippen LogP contribution in [0.1, 0.15) is 16.8 Å². The molecule has 0 spiro atoms. The van der Waals surface area contributed by atoms with Crippen LogP contribution in [0, 0.1) is 6.92 Å². The predicted octanol–water partition coefficient (Wildman–Crippen LogP) is 0.655. The molecule has 0 atom stereocenters. The van der Waals surface area contributed by atoms with Gasteiger partial charge in [0.15, 0.2) is 0 Å². The van der Waals surface area contributed by atoms with Gasteiger partial charge in [-0.25, -0.2) is 18.1 Å². The Morgan fingerprint density at radius 3 is 2.79 bits per heavy atom. The van der Waals surface area contributed by atoms with Gasteiger partial charge in [0.05, 0.1) is 17.8 Å². The lowest BCUT2D eigenvalue weighted by atomic mass is 10.1. The molecule has 7 heteroatoms. The predicted molar refractivity (Wildman–Crippen MR) is 71.7 cm³/mol. The van der Waals surface area contributed by atoms with Gasteiger partial charge < -0.3 is 10.7 Å². The van der Waals surface area contributed by atoms with Gasteiger partial charge in [-0.15, -0.1) is 0 Å². The van der Waals surface area contributed by atoms with Crippen molar-refractivity contribution in [2.75, 3.05) is 0 Å². The van der Waals surface area contributed by atoms with Crippen molar-refractivity contribution in [2.45, 2.75) is 24.9 Å². The molecule has 0 saturated carbocycles. The zero-order chi connectivity index (χ0) is 13.9. The topological polar surface area (TPSA) is 101 Å². The van der Waals surface area contributed by atoms with E-state index < -0.39 is 10.0 Å². The number of aromatic amines is 1. The van der Waals surface area contributed by atoms with E-state index >= 15 is 0 Å². The summed E-state index contributed by atoms with van der Waals surface area (Å²) in [6.45, 7) is 2.42. The van der Waals surface area contributed by atoms with Crippen molar-refractivity contribution in [3.63, 3.8) is 0 Å². The number of benzene rings is 1. The molecular formula is C12H16N4O2S. The highest BCUT2D eigenvalue weighted by molar-refractivity contribution is 7.89. The number of aryl methyl sites for hydroxylation is 1. The molecule has 0 aliphatic rings. The smallest absolute Gasteiger partial charge is 0.240 e. The molecule has 102 valence electrons. The Morgan fingerprint density at radius 1 is 1.42 bits per heavy atom. The second kappa shape index (κ2) is 5.52. The van der Waals surface area contributed by atoms with Gasteiger partial charge in [0.25, 0.3) is 0 Å². The van der Waals surface area contributed by atoms with Gasteiger partial charge in [-0.3, -0.25) is 0 Å². The summed E-state index contributed by atoms with van der Waals surface area (Å²) in [4.78, 5) is 6.90. The highest BCUT2D eigenvalue weighted by Gasteiger charge is 2.14. The lowest BCUT2D eigenvalue weighted by Crippen LogP contribution is -2.23. The summed E-state index contributed by atoms with van der Waals surface area (Å²) in [6, 6.07) is 4.92. The summed E-state index contributed by atoms with van der Waals surface area (Å²) >= 11 is 0. The van der Waals surface area contributed by atoms with Crippen LogP contribution < -0.4 is 10.5 Å². The minimum absolute atomic E-state index is 0.181. The summed E-state index contributed by atoms with van der Waals surface area (Å²) in [5.41, 5.74) is 8.07. The number of nitrogens with one attached hydrogen (secondary N) is 2. The molecule has 2 aromatic rings. The van der Waals surface area contributed by atoms with Crippen LogP contribution >= 0.6 is 0 Å². The van der Waals surface area contributed by atoms with Crippen molar-refractivity contribution < 1.29 is 8.42 Å². The van der Waals surface area contributed by atoms with Gasteiger partial charge in [-0.05, 0) is 30.2 Å². The summed E-state index contributed by atoms with van der Waals surface area (Å²) in [5, 5.41) is 0. The Labute approximate surface area is 112 Å². The van der Waals surface area contributed by atoms with E-state index in [1.54, 1.807) is 24.4 Å². The molecule has 2 rings (SSSR count). The van der Waals surface area contributed by atoms with Crippen LogP contribution in [0.4, 0.5) is 0 Å². The van der Waals surface area contributed by atoms with E-state index in [4.69, 9.17) is 5.73 Å².